The third-order valence-electron chi connectivity index (χ3n) is 8.96. The van der Waals surface area contributed by atoms with Gasteiger partial charge in [-0.2, -0.15) is 0 Å². The van der Waals surface area contributed by atoms with Crippen molar-refractivity contribution in [2.45, 2.75) is 69.8 Å². The molecule has 2 fully saturated rings. The van der Waals surface area contributed by atoms with Crippen LogP contribution in [-0.2, 0) is 6.61 Å². The molecular formula is C32H38FN3O5. The molecule has 1 aliphatic carbocycles. The Morgan fingerprint density at radius 3 is 2.83 bits per heavy atom. The lowest BCUT2D eigenvalue weighted by molar-refractivity contribution is -0.0272. The topological polar surface area (TPSA) is 111 Å². The Morgan fingerprint density at radius 1 is 1.20 bits per heavy atom. The number of carbonyl (C=O) groups excluding carboxylic acids is 1. The van der Waals surface area contributed by atoms with Crippen LogP contribution < -0.4 is 10.1 Å². The molecule has 2 atom stereocenters. The normalized spacial score (nSPS) is 25.5. The second-order valence-corrected chi connectivity index (χ2v) is 11.9. The number of aromatic nitrogens is 1. The number of ether oxygens (including phenoxy) is 1. The summed E-state index contributed by atoms with van der Waals surface area (Å²) in [5.74, 6) is 0.373. The van der Waals surface area contributed by atoms with Crippen LogP contribution in [0.15, 0.2) is 53.1 Å². The average molecular weight is 564 g/mol. The first-order valence-electron chi connectivity index (χ1n) is 14.6. The molecule has 218 valence electrons. The summed E-state index contributed by atoms with van der Waals surface area (Å²) in [4.78, 5) is 18.7. The zero-order valence-corrected chi connectivity index (χ0v) is 23.4. The number of piperidine rings is 1. The molecule has 1 saturated heterocycles. The van der Waals surface area contributed by atoms with Crippen LogP contribution in [-0.4, -0.2) is 63.4 Å². The van der Waals surface area contributed by atoms with Gasteiger partial charge in [0.25, 0.3) is 5.91 Å². The standard InChI is InChI=1S/C32H38FN3O5/c1-20-17-36(13-9-28(20)37)14-12-32(39)10-7-23(8-11-32)34-31(38)27-16-25-26(35-27)3-2-4-29(25)40-18-21-19-41-30-15-22(33)5-6-24(21)30/h2-6,15-16,19-20,23,28,35,37,39H,7-14,17-18H2,1H3,(H,34,38)/t20-,23?,28-,32?/m0/s1. The minimum Gasteiger partial charge on any atom is -0.488 e. The van der Waals surface area contributed by atoms with E-state index >= 15 is 0 Å². The van der Waals surface area contributed by atoms with E-state index in [0.29, 0.717) is 36.3 Å². The molecule has 1 amide bonds. The number of hydrogen-bond acceptors (Lipinski definition) is 6. The SMILES string of the molecule is C[C@H]1CN(CCC2(O)CCC(NC(=O)c3cc4c(OCc5coc6cc(F)ccc56)cccc4[nH]3)CC2)CC[C@@H]1O. The van der Waals surface area contributed by atoms with Crippen LogP contribution in [0.4, 0.5) is 4.39 Å². The highest BCUT2D eigenvalue weighted by atomic mass is 19.1. The van der Waals surface area contributed by atoms with Gasteiger partial charge in [0.2, 0.25) is 0 Å². The first kappa shape index (κ1) is 27.8. The van der Waals surface area contributed by atoms with E-state index in [-0.39, 0.29) is 36.4 Å². The van der Waals surface area contributed by atoms with Crippen molar-refractivity contribution in [1.29, 1.82) is 0 Å². The Morgan fingerprint density at radius 2 is 2.02 bits per heavy atom. The summed E-state index contributed by atoms with van der Waals surface area (Å²) >= 11 is 0. The largest absolute Gasteiger partial charge is 0.488 e. The zero-order chi connectivity index (χ0) is 28.6. The fraction of sp³-hybridized carbons (Fsp3) is 0.469. The molecule has 0 radical (unpaired) electrons. The number of carbonyl (C=O) groups is 1. The molecule has 2 aromatic heterocycles. The number of H-pyrrole nitrogens is 1. The van der Waals surface area contributed by atoms with Gasteiger partial charge in [-0.25, -0.2) is 4.39 Å². The van der Waals surface area contributed by atoms with Gasteiger partial charge < -0.3 is 34.6 Å². The summed E-state index contributed by atoms with van der Waals surface area (Å²) in [6.45, 7) is 4.90. The number of hydrogen-bond donors (Lipinski definition) is 4. The lowest BCUT2D eigenvalue weighted by atomic mass is 9.80. The van der Waals surface area contributed by atoms with E-state index < -0.39 is 5.60 Å². The van der Waals surface area contributed by atoms with Gasteiger partial charge in [-0.3, -0.25) is 4.79 Å². The Hall–Kier alpha value is -3.40. The van der Waals surface area contributed by atoms with Gasteiger partial charge in [-0.15, -0.1) is 0 Å². The second kappa shape index (κ2) is 11.5. The summed E-state index contributed by atoms with van der Waals surface area (Å²) in [5.41, 5.74) is 1.84. The molecule has 0 spiro atoms. The molecular weight excluding hydrogens is 525 g/mol. The number of rotatable bonds is 8. The minimum atomic E-state index is -0.706. The molecule has 6 rings (SSSR count). The highest BCUT2D eigenvalue weighted by Crippen LogP contribution is 2.33. The molecule has 41 heavy (non-hydrogen) atoms. The third-order valence-corrected chi connectivity index (χ3v) is 8.96. The maximum atomic E-state index is 13.5. The lowest BCUT2D eigenvalue weighted by Crippen LogP contribution is -2.47. The molecule has 1 aliphatic heterocycles. The van der Waals surface area contributed by atoms with E-state index in [1.165, 1.54) is 12.1 Å². The van der Waals surface area contributed by atoms with Crippen molar-refractivity contribution in [3.05, 3.63) is 65.8 Å². The minimum absolute atomic E-state index is 0.00859. The van der Waals surface area contributed by atoms with Crippen LogP contribution in [0.5, 0.6) is 5.75 Å². The summed E-state index contributed by atoms with van der Waals surface area (Å²) in [6.07, 6.45) is 5.63. The van der Waals surface area contributed by atoms with Crippen LogP contribution >= 0.6 is 0 Å². The molecule has 1 saturated carbocycles. The van der Waals surface area contributed by atoms with Gasteiger partial charge in [0, 0.05) is 53.6 Å². The Balaban J connectivity index is 1.03. The Labute approximate surface area is 238 Å². The zero-order valence-electron chi connectivity index (χ0n) is 23.4. The molecule has 4 N–H and O–H groups in total. The number of aliphatic hydroxyl groups excluding tert-OH is 1. The second-order valence-electron chi connectivity index (χ2n) is 11.9. The summed E-state index contributed by atoms with van der Waals surface area (Å²) in [7, 11) is 0. The molecule has 8 nitrogen and oxygen atoms in total. The van der Waals surface area contributed by atoms with Crippen LogP contribution in [0.2, 0.25) is 0 Å². The number of amides is 1. The fourth-order valence-corrected chi connectivity index (χ4v) is 6.30. The van der Waals surface area contributed by atoms with E-state index in [1.807, 2.05) is 18.2 Å². The number of likely N-dealkylation sites (tertiary alicyclic amines) is 1. The monoisotopic (exact) mass is 563 g/mol. The van der Waals surface area contributed by atoms with Gasteiger partial charge in [0.15, 0.2) is 0 Å². The van der Waals surface area contributed by atoms with Gasteiger partial charge in [-0.1, -0.05) is 13.0 Å². The van der Waals surface area contributed by atoms with Crippen molar-refractivity contribution < 1.29 is 28.6 Å². The van der Waals surface area contributed by atoms with Gasteiger partial charge in [0.05, 0.1) is 18.0 Å². The van der Waals surface area contributed by atoms with Crippen molar-refractivity contribution in [3.8, 4) is 5.75 Å². The predicted molar refractivity (Wildman–Crippen MR) is 154 cm³/mol. The smallest absolute Gasteiger partial charge is 0.267 e. The van der Waals surface area contributed by atoms with Crippen molar-refractivity contribution in [2.24, 2.45) is 5.92 Å². The highest BCUT2D eigenvalue weighted by Gasteiger charge is 2.35. The molecule has 0 unspecified atom stereocenters. The van der Waals surface area contributed by atoms with E-state index in [4.69, 9.17) is 9.15 Å². The highest BCUT2D eigenvalue weighted by molar-refractivity contribution is 5.99. The van der Waals surface area contributed by atoms with E-state index in [2.05, 4.69) is 22.1 Å². The van der Waals surface area contributed by atoms with Crippen LogP contribution in [0.25, 0.3) is 21.9 Å². The fourth-order valence-electron chi connectivity index (χ4n) is 6.30. The average Bonchev–Trinajstić information content (AvgIpc) is 3.58. The lowest BCUT2D eigenvalue weighted by Gasteiger charge is -2.39. The van der Waals surface area contributed by atoms with Crippen LogP contribution in [0.3, 0.4) is 0 Å². The first-order valence-corrected chi connectivity index (χ1v) is 14.6. The molecule has 2 aliphatic rings. The van der Waals surface area contributed by atoms with Crippen LogP contribution in [0, 0.1) is 11.7 Å². The van der Waals surface area contributed by atoms with Crippen molar-refractivity contribution in [1.82, 2.24) is 15.2 Å². The first-order chi connectivity index (χ1) is 19.8. The van der Waals surface area contributed by atoms with Gasteiger partial charge in [0.1, 0.15) is 29.5 Å². The van der Waals surface area contributed by atoms with Crippen LogP contribution in [0.1, 0.15) is 61.5 Å². The van der Waals surface area contributed by atoms with Crippen molar-refractivity contribution in [3.63, 3.8) is 0 Å². The number of halogens is 1. The van der Waals surface area contributed by atoms with Crippen molar-refractivity contribution in [2.75, 3.05) is 19.6 Å². The number of fused-ring (bicyclic) bond motifs is 2. The number of nitrogens with zero attached hydrogens (tertiary/aromatic N) is 1. The quantitative estimate of drug-likeness (QED) is 0.237. The Kier molecular flexibility index (Phi) is 7.76. The number of aromatic amines is 1. The summed E-state index contributed by atoms with van der Waals surface area (Å²) in [5, 5.41) is 25.9. The molecule has 0 bridgehead atoms. The number of aliphatic hydroxyl groups is 2. The summed E-state index contributed by atoms with van der Waals surface area (Å²) < 4.78 is 25.1. The van der Waals surface area contributed by atoms with Gasteiger partial charge >= 0.3 is 0 Å². The maximum absolute atomic E-state index is 13.5. The predicted octanol–water partition coefficient (Wildman–Crippen LogP) is 5.13. The van der Waals surface area contributed by atoms with E-state index in [1.54, 1.807) is 18.4 Å². The molecule has 4 aromatic rings. The number of nitrogens with one attached hydrogen (secondary N) is 2. The molecule has 3 heterocycles. The number of furan rings is 1. The van der Waals surface area contributed by atoms with Crippen molar-refractivity contribution >= 4 is 27.8 Å². The van der Waals surface area contributed by atoms with E-state index in [9.17, 15) is 19.4 Å². The van der Waals surface area contributed by atoms with Gasteiger partial charge in [-0.05, 0) is 74.8 Å². The molecule has 2 aromatic carbocycles. The Bertz CT molecular complexity index is 1520. The third kappa shape index (κ3) is 6.12. The molecule has 9 heteroatoms. The number of benzene rings is 2. The summed E-state index contributed by atoms with van der Waals surface area (Å²) in [6, 6.07) is 11.9. The van der Waals surface area contributed by atoms with E-state index in [0.717, 1.165) is 60.7 Å². The maximum Gasteiger partial charge on any atom is 0.267 e.